The second-order valence-electron chi connectivity index (χ2n) is 10.6. The van der Waals surface area contributed by atoms with E-state index in [0.717, 1.165) is 43.2 Å². The van der Waals surface area contributed by atoms with Gasteiger partial charge in [-0.3, -0.25) is 9.59 Å². The molecule has 9 heteroatoms. The van der Waals surface area contributed by atoms with Crippen molar-refractivity contribution in [2.45, 2.75) is 50.0 Å². The summed E-state index contributed by atoms with van der Waals surface area (Å²) in [7, 11) is 1.60. The van der Waals surface area contributed by atoms with E-state index in [9.17, 15) is 9.59 Å². The van der Waals surface area contributed by atoms with Gasteiger partial charge in [0, 0.05) is 30.2 Å². The fraction of sp³-hybridized carbons (Fsp3) is 0.500. The van der Waals surface area contributed by atoms with Crippen LogP contribution in [0.3, 0.4) is 0 Å². The summed E-state index contributed by atoms with van der Waals surface area (Å²) in [5.41, 5.74) is 1.26. The Labute approximate surface area is 232 Å². The van der Waals surface area contributed by atoms with Gasteiger partial charge in [0.1, 0.15) is 5.75 Å². The molecule has 1 saturated carbocycles. The Morgan fingerprint density at radius 1 is 1.05 bits per heavy atom. The fourth-order valence-electron chi connectivity index (χ4n) is 5.71. The third-order valence-corrected chi connectivity index (χ3v) is 9.17. The molecular formula is C28H31Cl3N2O4. The SMILES string of the molecule is COc1ccc(Cl)cc1CC(=O)N1CCC2(CC1)COC(CNC(=O)C1(c3ccc(Cl)c(Cl)c3)CC1)C2. The molecule has 2 amide bonds. The van der Waals surface area contributed by atoms with Crippen molar-refractivity contribution in [2.24, 2.45) is 5.41 Å². The van der Waals surface area contributed by atoms with Crippen LogP contribution in [0.2, 0.25) is 15.1 Å². The van der Waals surface area contributed by atoms with E-state index >= 15 is 0 Å². The summed E-state index contributed by atoms with van der Waals surface area (Å²) in [5, 5.41) is 4.67. The number of piperidine rings is 1. The number of hydrogen-bond acceptors (Lipinski definition) is 4. The lowest BCUT2D eigenvalue weighted by molar-refractivity contribution is -0.132. The number of ether oxygens (including phenoxy) is 2. The van der Waals surface area contributed by atoms with Crippen LogP contribution in [0.4, 0.5) is 0 Å². The quantitative estimate of drug-likeness (QED) is 0.485. The molecule has 2 aromatic rings. The maximum atomic E-state index is 13.1. The minimum Gasteiger partial charge on any atom is -0.496 e. The molecule has 2 saturated heterocycles. The average Bonchev–Trinajstić information content (AvgIpc) is 3.61. The number of likely N-dealkylation sites (tertiary alicyclic amines) is 1. The lowest BCUT2D eigenvalue weighted by Gasteiger charge is -2.38. The predicted octanol–water partition coefficient (Wildman–Crippen LogP) is 5.44. The zero-order valence-corrected chi connectivity index (χ0v) is 23.1. The normalized spacial score (nSPS) is 21.6. The molecule has 3 fully saturated rings. The van der Waals surface area contributed by atoms with E-state index in [1.165, 1.54) is 0 Å². The number of carbonyl (C=O) groups is 2. The summed E-state index contributed by atoms with van der Waals surface area (Å²) < 4.78 is 11.5. The second-order valence-corrected chi connectivity index (χ2v) is 11.8. The molecule has 37 heavy (non-hydrogen) atoms. The Morgan fingerprint density at radius 2 is 1.81 bits per heavy atom. The number of nitrogens with one attached hydrogen (secondary N) is 1. The highest BCUT2D eigenvalue weighted by molar-refractivity contribution is 6.42. The van der Waals surface area contributed by atoms with E-state index in [2.05, 4.69) is 5.32 Å². The van der Waals surface area contributed by atoms with Crippen LogP contribution < -0.4 is 10.1 Å². The number of benzene rings is 2. The van der Waals surface area contributed by atoms with Gasteiger partial charge in [-0.05, 0) is 73.4 Å². The molecule has 1 N–H and O–H groups in total. The number of amides is 2. The van der Waals surface area contributed by atoms with Gasteiger partial charge < -0.3 is 19.7 Å². The molecule has 5 rings (SSSR count). The van der Waals surface area contributed by atoms with Crippen LogP contribution >= 0.6 is 34.8 Å². The number of methoxy groups -OCH3 is 1. The van der Waals surface area contributed by atoms with Crippen LogP contribution in [0.15, 0.2) is 36.4 Å². The van der Waals surface area contributed by atoms with Crippen molar-refractivity contribution in [1.82, 2.24) is 10.2 Å². The van der Waals surface area contributed by atoms with Crippen LogP contribution in [-0.2, 0) is 26.2 Å². The van der Waals surface area contributed by atoms with Crippen molar-refractivity contribution < 1.29 is 19.1 Å². The van der Waals surface area contributed by atoms with Crippen LogP contribution in [0.1, 0.15) is 43.2 Å². The molecule has 0 aromatic heterocycles. The zero-order chi connectivity index (χ0) is 26.2. The maximum Gasteiger partial charge on any atom is 0.230 e. The molecule has 198 valence electrons. The third kappa shape index (κ3) is 5.58. The van der Waals surface area contributed by atoms with Gasteiger partial charge >= 0.3 is 0 Å². The van der Waals surface area contributed by atoms with Crippen LogP contribution in [0.25, 0.3) is 0 Å². The van der Waals surface area contributed by atoms with Gasteiger partial charge in [0.15, 0.2) is 0 Å². The first kappa shape index (κ1) is 26.6. The molecule has 2 aromatic carbocycles. The molecule has 2 heterocycles. The van der Waals surface area contributed by atoms with Crippen molar-refractivity contribution in [2.75, 3.05) is 33.4 Å². The number of hydrogen-bond donors (Lipinski definition) is 1. The summed E-state index contributed by atoms with van der Waals surface area (Å²) in [6.45, 7) is 2.55. The van der Waals surface area contributed by atoms with E-state index in [1.54, 1.807) is 37.4 Å². The Balaban J connectivity index is 1.11. The molecule has 1 unspecified atom stereocenters. The van der Waals surface area contributed by atoms with Gasteiger partial charge in [-0.15, -0.1) is 0 Å². The Bertz CT molecular complexity index is 1190. The molecule has 3 aliphatic rings. The van der Waals surface area contributed by atoms with Gasteiger partial charge in [0.2, 0.25) is 11.8 Å². The van der Waals surface area contributed by atoms with Crippen LogP contribution in [-0.4, -0.2) is 56.2 Å². The van der Waals surface area contributed by atoms with Gasteiger partial charge in [-0.1, -0.05) is 40.9 Å². The number of carbonyl (C=O) groups excluding carboxylic acids is 2. The van der Waals surface area contributed by atoms with Crippen LogP contribution in [0, 0.1) is 5.41 Å². The predicted molar refractivity (Wildman–Crippen MR) is 145 cm³/mol. The Morgan fingerprint density at radius 3 is 2.49 bits per heavy atom. The summed E-state index contributed by atoms with van der Waals surface area (Å²) in [5.74, 6) is 0.773. The monoisotopic (exact) mass is 564 g/mol. The average molecular weight is 566 g/mol. The second kappa shape index (κ2) is 10.6. The summed E-state index contributed by atoms with van der Waals surface area (Å²) in [4.78, 5) is 28.0. The van der Waals surface area contributed by atoms with Crippen molar-refractivity contribution in [3.63, 3.8) is 0 Å². The Hall–Kier alpha value is -1.99. The fourth-order valence-corrected chi connectivity index (χ4v) is 6.20. The highest BCUT2D eigenvalue weighted by Crippen LogP contribution is 2.49. The molecule has 6 nitrogen and oxygen atoms in total. The van der Waals surface area contributed by atoms with Gasteiger partial charge in [0.25, 0.3) is 0 Å². The van der Waals surface area contributed by atoms with E-state index in [1.807, 2.05) is 11.0 Å². The maximum absolute atomic E-state index is 13.1. The minimum atomic E-state index is -0.512. The van der Waals surface area contributed by atoms with Crippen molar-refractivity contribution >= 4 is 46.6 Å². The number of nitrogens with zero attached hydrogens (tertiary/aromatic N) is 1. The smallest absolute Gasteiger partial charge is 0.230 e. The standard InChI is InChI=1S/C28H31Cl3N2O4/c1-36-24-5-3-20(29)12-18(24)13-25(34)33-10-8-27(9-11-33)15-21(37-17-27)16-32-26(35)28(6-7-28)19-2-4-22(30)23(31)14-19/h2-5,12,14,21H,6-11,13,15-17H2,1H3,(H,32,35). The summed E-state index contributed by atoms with van der Waals surface area (Å²) in [6.07, 6.45) is 4.52. The molecule has 1 aliphatic carbocycles. The summed E-state index contributed by atoms with van der Waals surface area (Å²) >= 11 is 18.4. The Kier molecular flexibility index (Phi) is 7.65. The first-order valence-electron chi connectivity index (χ1n) is 12.7. The topological polar surface area (TPSA) is 67.9 Å². The lowest BCUT2D eigenvalue weighted by atomic mass is 9.76. The largest absolute Gasteiger partial charge is 0.496 e. The molecule has 0 radical (unpaired) electrons. The summed E-state index contributed by atoms with van der Waals surface area (Å²) in [6, 6.07) is 10.8. The van der Waals surface area contributed by atoms with Gasteiger partial charge in [0.05, 0.1) is 41.7 Å². The molecule has 0 bridgehead atoms. The van der Waals surface area contributed by atoms with Crippen molar-refractivity contribution in [3.8, 4) is 5.75 Å². The molecule has 2 aliphatic heterocycles. The van der Waals surface area contributed by atoms with Gasteiger partial charge in [-0.25, -0.2) is 0 Å². The van der Waals surface area contributed by atoms with Gasteiger partial charge in [-0.2, -0.15) is 0 Å². The highest BCUT2D eigenvalue weighted by atomic mass is 35.5. The molecular weight excluding hydrogens is 535 g/mol. The molecule has 1 spiro atoms. The first-order valence-corrected chi connectivity index (χ1v) is 13.8. The van der Waals surface area contributed by atoms with Crippen molar-refractivity contribution in [1.29, 1.82) is 0 Å². The lowest BCUT2D eigenvalue weighted by Crippen LogP contribution is -2.44. The highest BCUT2D eigenvalue weighted by Gasteiger charge is 2.52. The van der Waals surface area contributed by atoms with E-state index in [4.69, 9.17) is 44.3 Å². The number of rotatable bonds is 7. The van der Waals surface area contributed by atoms with E-state index < -0.39 is 5.41 Å². The zero-order valence-electron chi connectivity index (χ0n) is 20.8. The number of halogens is 3. The third-order valence-electron chi connectivity index (χ3n) is 8.19. The minimum absolute atomic E-state index is 0.0206. The van der Waals surface area contributed by atoms with Crippen LogP contribution in [0.5, 0.6) is 5.75 Å². The first-order chi connectivity index (χ1) is 17.7. The molecule has 1 atom stereocenters. The van der Waals surface area contributed by atoms with E-state index in [-0.39, 0.29) is 29.8 Å². The van der Waals surface area contributed by atoms with E-state index in [0.29, 0.717) is 47.1 Å². The van der Waals surface area contributed by atoms with Crippen molar-refractivity contribution in [3.05, 3.63) is 62.6 Å².